The molecule has 12 nitrogen and oxygen atoms in total. The van der Waals surface area contributed by atoms with Crippen LogP contribution in [0.1, 0.15) is 63.8 Å². The Labute approximate surface area is 886 Å². The number of hydrogen-bond donors (Lipinski definition) is 3. The van der Waals surface area contributed by atoms with E-state index in [0.717, 1.165) is 211 Å². The van der Waals surface area contributed by atoms with Crippen LogP contribution in [0.25, 0.3) is 217 Å². The van der Waals surface area contributed by atoms with E-state index >= 15 is 0 Å². The number of nitrogens with zero attached hydrogens (tertiary/aromatic N) is 9. The van der Waals surface area contributed by atoms with Gasteiger partial charge in [-0.1, -0.05) is 337 Å². The van der Waals surface area contributed by atoms with Crippen LogP contribution in [0.3, 0.4) is 0 Å². The van der Waals surface area contributed by atoms with E-state index in [1.54, 1.807) is 6.07 Å². The van der Waals surface area contributed by atoms with Crippen molar-refractivity contribution in [1.29, 1.82) is 0 Å². The topological polar surface area (TPSA) is 153 Å². The van der Waals surface area contributed by atoms with Crippen LogP contribution in [0, 0.1) is 32.0 Å². The average molecular weight is 2420 g/mol. The van der Waals surface area contributed by atoms with Gasteiger partial charge in [-0.25, -0.2) is 15.0 Å². The molecule has 0 bridgehead atoms. The molecule has 0 fully saturated rings. The van der Waals surface area contributed by atoms with Crippen molar-refractivity contribution >= 4 is 65.4 Å². The summed E-state index contributed by atoms with van der Waals surface area (Å²) in [5, 5.41) is 40.6. The third-order valence-corrected chi connectivity index (χ3v) is 26.6. The molecule has 15 aromatic carbocycles. The molecule has 24 rings (SSSR count). The van der Waals surface area contributed by atoms with Gasteiger partial charge in [-0.15, -0.1) is 71.3 Å². The molecule has 24 aromatic rings. The van der Waals surface area contributed by atoms with E-state index in [1.165, 1.54) is 0 Å². The van der Waals surface area contributed by atoms with Crippen molar-refractivity contribution < 1.29 is 78.5 Å². The van der Waals surface area contributed by atoms with Gasteiger partial charge < -0.3 is 44.0 Å². The zero-order valence-corrected chi connectivity index (χ0v) is 87.6. The largest absolute Gasteiger partial charge is 0.507 e. The molecule has 0 atom stereocenters. The molecule has 145 heavy (non-hydrogen) atoms. The van der Waals surface area contributed by atoms with Gasteiger partial charge >= 0.3 is 0 Å². The van der Waals surface area contributed by atoms with E-state index in [0.29, 0.717) is 28.2 Å². The van der Waals surface area contributed by atoms with E-state index in [4.69, 9.17) is 29.9 Å². The van der Waals surface area contributed by atoms with E-state index in [-0.39, 0.29) is 91.3 Å². The summed E-state index contributed by atoms with van der Waals surface area (Å²) >= 11 is 0. The van der Waals surface area contributed by atoms with Crippen LogP contribution in [0.4, 0.5) is 0 Å². The van der Waals surface area contributed by atoms with Crippen LogP contribution in [-0.4, -0.2) is 58.9 Å². The Morgan fingerprint density at radius 2 is 0.538 bits per heavy atom. The Morgan fingerprint density at radius 1 is 0.241 bits per heavy atom. The number of hydrogen-bond acceptors (Lipinski definition) is 9. The van der Waals surface area contributed by atoms with E-state index in [9.17, 15) is 15.3 Å². The zero-order chi connectivity index (χ0) is 96.9. The SMILES string of the molecule is CC(C)(C)c1cc(-c2cc(-c3ccccc3)cc(-n3c4[c-]c(-c5cc(-c6ccccc6)ccn5)ccc4c4ccccc43)n2)c(O)c(C(C)(C)C)c1.Cc1cc(C)c(O)c(-c2cc(-c3ccccc3)cc(-n3c4[c-]c(-c5cc(-c6ccccc6)ccn5)ccc4c4ccccc43)n2)c1.Oc1ccccc1-c1cc(-c2ccccc2)cc(-n2c3[c-]c(-c4cc(-c5ccccc5)ccn4)ccc3c3ccccc32)n1.[Pt].[Pt].[Pt]. The molecule has 0 unspecified atom stereocenters. The van der Waals surface area contributed by atoms with Crippen molar-refractivity contribution in [3.63, 3.8) is 0 Å². The molecule has 0 saturated heterocycles. The number of phenols is 3. The first-order chi connectivity index (χ1) is 69.2. The minimum Gasteiger partial charge on any atom is -0.507 e. The van der Waals surface area contributed by atoms with Gasteiger partial charge in [0.1, 0.15) is 34.7 Å². The standard InChI is InChI=1S/C48H42N3O.C42H30N3O.C40H26N3O.3Pt/c1-47(2,3)36-29-39(46(52)40(30-36)48(4,5)6)42-26-35(32-17-11-8-12-18-32)28-45(50-42)51-43-20-14-13-19-37(43)38-22-21-34(27-44(38)51)41-25-33(23-24-49-41)31-15-9-7-10-16-31;1-27-21-28(2)42(46)36(22-27)38-24-33(30-13-7-4-8-14-30)26-41(44-38)45-39-16-10-9-15-34(39)35-18-17-32(25-40(35)45)37-23-31(19-20-43-37)29-11-5-3-6-12-29;44-39-18-10-8-16-34(39)36-24-31(28-13-5-2-6-14-28)26-40(42-36)43-37-17-9-7-15-32(37)33-20-19-30(25-38(33)43)35-23-29(21-22-41-35)27-11-3-1-4-12-27;;;/h7-26,28-30,52H,1-6H3;3-24,26,46H,1-2H3;1-24,26,44H;;;/q3*-1;;;. The average Bonchev–Trinajstić information content (AvgIpc) is 1.60. The first kappa shape index (κ1) is 97.9. The number of aromatic nitrogens is 9. The molecule has 9 aromatic heterocycles. The van der Waals surface area contributed by atoms with Gasteiger partial charge in [0.2, 0.25) is 0 Å². The van der Waals surface area contributed by atoms with Crippen molar-refractivity contribution in [2.75, 3.05) is 0 Å². The summed E-state index contributed by atoms with van der Waals surface area (Å²) in [6, 6.07) is 152. The monoisotopic (exact) mass is 2420 g/mol. The molecule has 0 amide bonds. The summed E-state index contributed by atoms with van der Waals surface area (Å²) < 4.78 is 6.57. The molecular weight excluding hydrogens is 2320 g/mol. The Morgan fingerprint density at radius 3 is 0.869 bits per heavy atom. The smallest absolute Gasteiger partial charge is 0.137 e. The summed E-state index contributed by atoms with van der Waals surface area (Å²) in [6.45, 7) is 17.1. The maximum atomic E-state index is 12.0. The molecule has 0 radical (unpaired) electrons. The molecule has 714 valence electrons. The van der Waals surface area contributed by atoms with E-state index < -0.39 is 0 Å². The van der Waals surface area contributed by atoms with Crippen molar-refractivity contribution in [1.82, 2.24) is 43.6 Å². The Kier molecular flexibility index (Phi) is 28.0. The number of aryl methyl sites for hydroxylation is 2. The zero-order valence-electron chi connectivity index (χ0n) is 80.8. The number of fused-ring (bicyclic) bond motifs is 9. The number of aromatic hydroxyl groups is 3. The molecule has 3 N–H and O–H groups in total. The Hall–Kier alpha value is -15.9. The van der Waals surface area contributed by atoms with Crippen LogP contribution in [0.15, 0.2) is 431 Å². The minimum absolute atomic E-state index is 0. The maximum absolute atomic E-state index is 12.0. The fourth-order valence-electron chi connectivity index (χ4n) is 19.4. The maximum Gasteiger partial charge on any atom is 0.137 e. The summed E-state index contributed by atoms with van der Waals surface area (Å²) in [5.74, 6) is 2.95. The molecule has 0 aliphatic heterocycles. The first-order valence-electron chi connectivity index (χ1n) is 47.8. The molecule has 0 aliphatic rings. The third kappa shape index (κ3) is 19.7. The van der Waals surface area contributed by atoms with Crippen molar-refractivity contribution in [2.24, 2.45) is 0 Å². The summed E-state index contributed by atoms with van der Waals surface area (Å²) in [6.07, 6.45) is 5.58. The van der Waals surface area contributed by atoms with E-state index in [1.807, 2.05) is 160 Å². The molecule has 0 spiro atoms. The second kappa shape index (κ2) is 41.6. The van der Waals surface area contributed by atoms with Crippen molar-refractivity contribution in [3.8, 4) is 169 Å². The van der Waals surface area contributed by atoms with Gasteiger partial charge in [-0.2, -0.15) is 0 Å². The fourth-order valence-corrected chi connectivity index (χ4v) is 19.4. The van der Waals surface area contributed by atoms with E-state index in [2.05, 4.69) is 352 Å². The van der Waals surface area contributed by atoms with Crippen LogP contribution < -0.4 is 0 Å². The van der Waals surface area contributed by atoms with Gasteiger partial charge in [0, 0.05) is 121 Å². The Balaban J connectivity index is 0.000000136. The second-order valence-electron chi connectivity index (χ2n) is 38.2. The van der Waals surface area contributed by atoms with Gasteiger partial charge in [0.25, 0.3) is 0 Å². The number of benzene rings is 15. The van der Waals surface area contributed by atoms with Gasteiger partial charge in [0.05, 0.1) is 17.1 Å². The van der Waals surface area contributed by atoms with Gasteiger partial charge in [0.15, 0.2) is 0 Å². The fraction of sp³-hybridized carbons (Fsp3) is 0.0769. The first-order valence-corrected chi connectivity index (χ1v) is 47.8. The quantitative estimate of drug-likeness (QED) is 0.0852. The van der Waals surface area contributed by atoms with Crippen molar-refractivity contribution in [2.45, 2.75) is 66.2 Å². The Bertz CT molecular complexity index is 8930. The molecule has 0 aliphatic carbocycles. The normalized spacial score (nSPS) is 11.4. The van der Waals surface area contributed by atoms with Crippen LogP contribution >= 0.6 is 0 Å². The minimum atomic E-state index is -0.274. The number of rotatable bonds is 15. The summed E-state index contributed by atoms with van der Waals surface area (Å²) in [5.41, 5.74) is 31.9. The number of pyridine rings is 6. The predicted octanol–water partition coefficient (Wildman–Crippen LogP) is 32.4. The van der Waals surface area contributed by atoms with Crippen molar-refractivity contribution in [3.05, 3.63) is 472 Å². The molecular formula is C130H98N9O3Pt3-3. The third-order valence-electron chi connectivity index (χ3n) is 26.6. The number of phenolic OH excluding ortho intramolecular Hbond substituents is 3. The van der Waals surface area contributed by atoms with Crippen LogP contribution in [0.2, 0.25) is 0 Å². The second-order valence-corrected chi connectivity index (χ2v) is 38.2. The summed E-state index contributed by atoms with van der Waals surface area (Å²) in [4.78, 5) is 30.1. The van der Waals surface area contributed by atoms with Gasteiger partial charge in [-0.3, -0.25) is 0 Å². The number of para-hydroxylation sites is 4. The van der Waals surface area contributed by atoms with Crippen LogP contribution in [0.5, 0.6) is 17.2 Å². The van der Waals surface area contributed by atoms with Gasteiger partial charge in [-0.05, 0) is 255 Å². The molecule has 9 heterocycles. The molecule has 15 heteroatoms. The van der Waals surface area contributed by atoms with Crippen LogP contribution in [-0.2, 0) is 74.0 Å². The molecule has 0 saturated carbocycles. The summed E-state index contributed by atoms with van der Waals surface area (Å²) in [7, 11) is 0. The predicted molar refractivity (Wildman–Crippen MR) is 583 cm³/mol.